The Morgan fingerprint density at radius 1 is 1.33 bits per heavy atom. The number of halogens is 2. The second kappa shape index (κ2) is 7.07. The summed E-state index contributed by atoms with van der Waals surface area (Å²) in [6.45, 7) is 11.6. The lowest BCUT2D eigenvalue weighted by atomic mass is 10.2. The van der Waals surface area contributed by atoms with Crippen LogP contribution in [-0.4, -0.2) is 39.1 Å². The van der Waals surface area contributed by atoms with Crippen molar-refractivity contribution in [2.24, 2.45) is 0 Å². The van der Waals surface area contributed by atoms with E-state index in [4.69, 9.17) is 11.6 Å². The average Bonchev–Trinajstić information content (AvgIpc) is 2.83. The number of imidazole rings is 1. The van der Waals surface area contributed by atoms with Crippen molar-refractivity contribution in [2.45, 2.75) is 39.1 Å². The lowest BCUT2D eigenvalue weighted by Crippen LogP contribution is -2.30. The van der Waals surface area contributed by atoms with Gasteiger partial charge in [-0.1, -0.05) is 13.8 Å². The maximum absolute atomic E-state index is 6.33. The van der Waals surface area contributed by atoms with Crippen LogP contribution in [0.5, 0.6) is 0 Å². The van der Waals surface area contributed by atoms with Gasteiger partial charge >= 0.3 is 0 Å². The molecule has 116 valence electrons. The molecule has 0 fully saturated rings. The van der Waals surface area contributed by atoms with E-state index >= 15 is 0 Å². The summed E-state index contributed by atoms with van der Waals surface area (Å²) in [7, 11) is 0. The summed E-state index contributed by atoms with van der Waals surface area (Å²) in [6.07, 6.45) is 1.81. The molecule has 2 rings (SSSR count). The Kier molecular flexibility index (Phi) is 5.63. The molecule has 21 heavy (non-hydrogen) atoms. The standard InChI is InChI=1S/C15H22BrClN4/c1-5-20(6-2)9-10(3)21-14(11(4)17)19-13-7-12(16)8-18-15(13)21/h7-8,10-11H,5-6,9H2,1-4H3. The third-order valence-corrected chi connectivity index (χ3v) is 4.37. The highest BCUT2D eigenvalue weighted by Gasteiger charge is 2.21. The molecular formula is C15H22BrClN4. The third kappa shape index (κ3) is 3.58. The largest absolute Gasteiger partial charge is 0.307 e. The summed E-state index contributed by atoms with van der Waals surface area (Å²) in [5.41, 5.74) is 1.79. The Morgan fingerprint density at radius 3 is 2.57 bits per heavy atom. The molecule has 0 bridgehead atoms. The molecule has 6 heteroatoms. The second-order valence-corrected chi connectivity index (χ2v) is 6.86. The SMILES string of the molecule is CCN(CC)CC(C)n1c(C(C)Cl)nc2cc(Br)cnc21. The van der Waals surface area contributed by atoms with Crippen LogP contribution in [0, 0.1) is 0 Å². The first kappa shape index (κ1) is 16.7. The predicted molar refractivity (Wildman–Crippen MR) is 92.0 cm³/mol. The van der Waals surface area contributed by atoms with E-state index in [0.29, 0.717) is 0 Å². The van der Waals surface area contributed by atoms with Crippen molar-refractivity contribution < 1.29 is 0 Å². The lowest BCUT2D eigenvalue weighted by Gasteiger charge is -2.25. The highest BCUT2D eigenvalue weighted by molar-refractivity contribution is 9.10. The Labute approximate surface area is 139 Å². The quantitative estimate of drug-likeness (QED) is 0.704. The maximum atomic E-state index is 6.33. The summed E-state index contributed by atoms with van der Waals surface area (Å²) in [5, 5.41) is -0.142. The van der Waals surface area contributed by atoms with Gasteiger partial charge in [0.1, 0.15) is 11.3 Å². The minimum Gasteiger partial charge on any atom is -0.307 e. The van der Waals surface area contributed by atoms with Crippen molar-refractivity contribution in [3.63, 3.8) is 0 Å². The molecule has 0 amide bonds. The molecule has 2 unspecified atom stereocenters. The molecule has 2 aromatic rings. The minimum absolute atomic E-state index is 0.142. The van der Waals surface area contributed by atoms with Gasteiger partial charge in [0.05, 0.1) is 5.38 Å². The highest BCUT2D eigenvalue weighted by atomic mass is 79.9. The summed E-state index contributed by atoms with van der Waals surface area (Å²) >= 11 is 9.78. The number of nitrogens with zero attached hydrogens (tertiary/aromatic N) is 4. The molecule has 0 saturated carbocycles. The second-order valence-electron chi connectivity index (χ2n) is 5.29. The van der Waals surface area contributed by atoms with Gasteiger partial charge in [0.25, 0.3) is 0 Å². The van der Waals surface area contributed by atoms with E-state index in [1.54, 1.807) is 0 Å². The first-order valence-electron chi connectivity index (χ1n) is 7.37. The molecule has 4 nitrogen and oxygen atoms in total. The summed E-state index contributed by atoms with van der Waals surface area (Å²) in [5.74, 6) is 0.886. The van der Waals surface area contributed by atoms with Crippen molar-refractivity contribution in [2.75, 3.05) is 19.6 Å². The summed E-state index contributed by atoms with van der Waals surface area (Å²) in [6, 6.07) is 2.27. The zero-order valence-electron chi connectivity index (χ0n) is 13.0. The van der Waals surface area contributed by atoms with Gasteiger partial charge in [-0.25, -0.2) is 9.97 Å². The number of alkyl halides is 1. The monoisotopic (exact) mass is 372 g/mol. The van der Waals surface area contributed by atoms with Crippen molar-refractivity contribution in [1.29, 1.82) is 0 Å². The van der Waals surface area contributed by atoms with Gasteiger partial charge in [0, 0.05) is 23.3 Å². The van der Waals surface area contributed by atoms with E-state index < -0.39 is 0 Å². The molecule has 0 aliphatic heterocycles. The molecule has 0 radical (unpaired) electrons. The van der Waals surface area contributed by atoms with Crippen molar-refractivity contribution in [3.8, 4) is 0 Å². The van der Waals surface area contributed by atoms with Crippen LogP contribution in [-0.2, 0) is 0 Å². The van der Waals surface area contributed by atoms with Crippen LogP contribution in [0.2, 0.25) is 0 Å². The van der Waals surface area contributed by atoms with Crippen molar-refractivity contribution in [1.82, 2.24) is 19.4 Å². The minimum atomic E-state index is -0.142. The molecular weight excluding hydrogens is 352 g/mol. The lowest BCUT2D eigenvalue weighted by molar-refractivity contribution is 0.261. The fourth-order valence-corrected chi connectivity index (χ4v) is 3.10. The van der Waals surface area contributed by atoms with Crippen LogP contribution in [0.4, 0.5) is 0 Å². The van der Waals surface area contributed by atoms with E-state index in [9.17, 15) is 0 Å². The molecule has 0 aliphatic rings. The average molecular weight is 374 g/mol. The van der Waals surface area contributed by atoms with Crippen LogP contribution in [0.3, 0.4) is 0 Å². The molecule has 0 aliphatic carbocycles. The van der Waals surface area contributed by atoms with Gasteiger partial charge in [-0.05, 0) is 48.9 Å². The number of hydrogen-bond acceptors (Lipinski definition) is 3. The number of fused-ring (bicyclic) bond motifs is 1. The van der Waals surface area contributed by atoms with E-state index in [1.807, 2.05) is 19.2 Å². The topological polar surface area (TPSA) is 34.0 Å². The fraction of sp³-hybridized carbons (Fsp3) is 0.600. The first-order valence-corrected chi connectivity index (χ1v) is 8.60. The van der Waals surface area contributed by atoms with Gasteiger partial charge in [-0.15, -0.1) is 11.6 Å². The molecule has 0 saturated heterocycles. The zero-order valence-corrected chi connectivity index (χ0v) is 15.3. The molecule has 0 N–H and O–H groups in total. The normalized spacial score (nSPS) is 14.8. The van der Waals surface area contributed by atoms with Crippen molar-refractivity contribution >= 4 is 38.7 Å². The van der Waals surface area contributed by atoms with E-state index in [1.165, 1.54) is 0 Å². The molecule has 2 heterocycles. The molecule has 2 aromatic heterocycles. The maximum Gasteiger partial charge on any atom is 0.160 e. The third-order valence-electron chi connectivity index (χ3n) is 3.74. The van der Waals surface area contributed by atoms with Gasteiger partial charge in [-0.3, -0.25) is 0 Å². The van der Waals surface area contributed by atoms with Crippen LogP contribution in [0.15, 0.2) is 16.7 Å². The van der Waals surface area contributed by atoms with Crippen LogP contribution in [0.1, 0.15) is 44.9 Å². The molecule has 0 aromatic carbocycles. The molecule has 0 spiro atoms. The molecule has 2 atom stereocenters. The Morgan fingerprint density at radius 2 is 2.00 bits per heavy atom. The van der Waals surface area contributed by atoms with E-state index in [0.717, 1.165) is 41.1 Å². The number of likely N-dealkylation sites (N-methyl/N-ethyl adjacent to an activating group) is 1. The number of hydrogen-bond donors (Lipinski definition) is 0. The Hall–Kier alpha value is -0.650. The fourth-order valence-electron chi connectivity index (χ4n) is 2.63. The number of aromatic nitrogens is 3. The van der Waals surface area contributed by atoms with Crippen LogP contribution < -0.4 is 0 Å². The van der Waals surface area contributed by atoms with Gasteiger partial charge in [-0.2, -0.15) is 0 Å². The summed E-state index contributed by atoms with van der Waals surface area (Å²) in [4.78, 5) is 11.6. The summed E-state index contributed by atoms with van der Waals surface area (Å²) < 4.78 is 3.11. The smallest absolute Gasteiger partial charge is 0.160 e. The van der Waals surface area contributed by atoms with Gasteiger partial charge in [0.2, 0.25) is 0 Å². The Balaban J connectivity index is 2.47. The predicted octanol–water partition coefficient (Wildman–Crippen LogP) is 4.40. The van der Waals surface area contributed by atoms with Crippen molar-refractivity contribution in [3.05, 3.63) is 22.6 Å². The number of pyridine rings is 1. The first-order chi connectivity index (χ1) is 9.97. The van der Waals surface area contributed by atoms with Gasteiger partial charge in [0.15, 0.2) is 5.65 Å². The number of rotatable bonds is 6. The Bertz CT molecular complexity index is 607. The van der Waals surface area contributed by atoms with Crippen LogP contribution in [0.25, 0.3) is 11.2 Å². The van der Waals surface area contributed by atoms with E-state index in [2.05, 4.69) is 56.1 Å². The van der Waals surface area contributed by atoms with Gasteiger partial charge < -0.3 is 9.47 Å². The van der Waals surface area contributed by atoms with E-state index in [-0.39, 0.29) is 11.4 Å². The zero-order chi connectivity index (χ0) is 15.6. The highest BCUT2D eigenvalue weighted by Crippen LogP contribution is 2.28. The van der Waals surface area contributed by atoms with Crippen LogP contribution >= 0.6 is 27.5 Å².